The molecule has 3 N–H and O–H groups in total. The first kappa shape index (κ1) is 12.4. The Bertz CT molecular complexity index is 211. The van der Waals surface area contributed by atoms with Crippen molar-refractivity contribution in [1.82, 2.24) is 0 Å². The minimum atomic E-state index is -1.59. The van der Waals surface area contributed by atoms with Crippen LogP contribution in [-0.2, 0) is 14.3 Å². The highest BCUT2D eigenvalue weighted by Crippen LogP contribution is 2.13. The standard InChI is InChI=1S/C10H19NO4/c1-10(13,7-11)9(12)15-6-8-4-2-3-5-14-8/h8,13H,2-7,11H2,1H3. The van der Waals surface area contributed by atoms with E-state index in [4.69, 9.17) is 15.2 Å². The lowest BCUT2D eigenvalue weighted by atomic mass is 10.1. The first-order valence-corrected chi connectivity index (χ1v) is 5.27. The van der Waals surface area contributed by atoms with Gasteiger partial charge in [0, 0.05) is 13.2 Å². The molecular weight excluding hydrogens is 198 g/mol. The molecule has 1 aliphatic rings. The van der Waals surface area contributed by atoms with Gasteiger partial charge in [0.25, 0.3) is 0 Å². The third-order valence-electron chi connectivity index (χ3n) is 2.51. The van der Waals surface area contributed by atoms with Crippen molar-refractivity contribution in [2.75, 3.05) is 19.8 Å². The molecule has 1 rings (SSSR count). The summed E-state index contributed by atoms with van der Waals surface area (Å²) in [5.74, 6) is -0.681. The molecular formula is C10H19NO4. The van der Waals surface area contributed by atoms with Crippen molar-refractivity contribution in [2.24, 2.45) is 5.73 Å². The van der Waals surface area contributed by atoms with E-state index in [-0.39, 0.29) is 19.3 Å². The maximum atomic E-state index is 11.3. The number of rotatable bonds is 4. The normalized spacial score (nSPS) is 25.7. The molecule has 88 valence electrons. The molecule has 1 saturated heterocycles. The molecule has 0 aromatic carbocycles. The zero-order valence-corrected chi connectivity index (χ0v) is 9.07. The molecule has 2 atom stereocenters. The fourth-order valence-corrected chi connectivity index (χ4v) is 1.35. The van der Waals surface area contributed by atoms with E-state index in [1.807, 2.05) is 0 Å². The molecule has 15 heavy (non-hydrogen) atoms. The number of carbonyl (C=O) groups excluding carboxylic acids is 1. The summed E-state index contributed by atoms with van der Waals surface area (Å²) in [6.45, 7) is 2.12. The number of hydrogen-bond donors (Lipinski definition) is 2. The molecule has 5 heteroatoms. The number of esters is 1. The predicted molar refractivity (Wildman–Crippen MR) is 54.2 cm³/mol. The van der Waals surface area contributed by atoms with Crippen molar-refractivity contribution in [3.05, 3.63) is 0 Å². The van der Waals surface area contributed by atoms with E-state index in [9.17, 15) is 9.90 Å². The highest BCUT2D eigenvalue weighted by atomic mass is 16.6. The smallest absolute Gasteiger partial charge is 0.339 e. The van der Waals surface area contributed by atoms with Crippen LogP contribution in [0.15, 0.2) is 0 Å². The van der Waals surface area contributed by atoms with E-state index in [0.29, 0.717) is 0 Å². The lowest BCUT2D eigenvalue weighted by Crippen LogP contribution is -2.44. The second-order valence-electron chi connectivity index (χ2n) is 4.07. The molecule has 0 saturated carbocycles. The fraction of sp³-hybridized carbons (Fsp3) is 0.900. The lowest BCUT2D eigenvalue weighted by molar-refractivity contribution is -0.167. The summed E-state index contributed by atoms with van der Waals surface area (Å²) in [5, 5.41) is 9.48. The van der Waals surface area contributed by atoms with E-state index in [0.717, 1.165) is 25.9 Å². The van der Waals surface area contributed by atoms with Gasteiger partial charge >= 0.3 is 5.97 Å². The van der Waals surface area contributed by atoms with E-state index in [1.165, 1.54) is 6.92 Å². The van der Waals surface area contributed by atoms with Crippen LogP contribution in [0.1, 0.15) is 26.2 Å². The molecule has 0 spiro atoms. The molecule has 5 nitrogen and oxygen atoms in total. The monoisotopic (exact) mass is 217 g/mol. The first-order valence-electron chi connectivity index (χ1n) is 5.27. The maximum Gasteiger partial charge on any atom is 0.339 e. The van der Waals surface area contributed by atoms with Gasteiger partial charge in [-0.1, -0.05) is 0 Å². The van der Waals surface area contributed by atoms with Crippen LogP contribution in [0.2, 0.25) is 0 Å². The summed E-state index contributed by atoms with van der Waals surface area (Å²) >= 11 is 0. The largest absolute Gasteiger partial charge is 0.461 e. The number of nitrogens with two attached hydrogens (primary N) is 1. The van der Waals surface area contributed by atoms with Gasteiger partial charge in [-0.3, -0.25) is 0 Å². The molecule has 0 amide bonds. The maximum absolute atomic E-state index is 11.3. The van der Waals surface area contributed by atoms with Gasteiger partial charge in [-0.25, -0.2) is 4.79 Å². The van der Waals surface area contributed by atoms with Crippen LogP contribution in [-0.4, -0.2) is 42.5 Å². The SMILES string of the molecule is CC(O)(CN)C(=O)OCC1CCCCO1. The first-order chi connectivity index (χ1) is 7.06. The Labute approximate surface area is 89.5 Å². The molecule has 2 unspecified atom stereocenters. The molecule has 0 aromatic rings. The van der Waals surface area contributed by atoms with E-state index >= 15 is 0 Å². The van der Waals surface area contributed by atoms with Crippen molar-refractivity contribution < 1.29 is 19.4 Å². The summed E-state index contributed by atoms with van der Waals surface area (Å²) < 4.78 is 10.3. The average molecular weight is 217 g/mol. The van der Waals surface area contributed by atoms with Gasteiger partial charge in [-0.2, -0.15) is 0 Å². The number of ether oxygens (including phenoxy) is 2. The Morgan fingerprint density at radius 1 is 1.67 bits per heavy atom. The second-order valence-corrected chi connectivity index (χ2v) is 4.07. The Balaban J connectivity index is 2.26. The van der Waals surface area contributed by atoms with Crippen molar-refractivity contribution in [1.29, 1.82) is 0 Å². The minimum Gasteiger partial charge on any atom is -0.461 e. The Kier molecular flexibility index (Phi) is 4.50. The predicted octanol–water partition coefficient (Wildman–Crippen LogP) is -0.192. The third-order valence-corrected chi connectivity index (χ3v) is 2.51. The summed E-state index contributed by atoms with van der Waals surface area (Å²) in [4.78, 5) is 11.3. The lowest BCUT2D eigenvalue weighted by Gasteiger charge is -2.24. The van der Waals surface area contributed by atoms with Crippen LogP contribution in [0.4, 0.5) is 0 Å². The topological polar surface area (TPSA) is 81.8 Å². The Hall–Kier alpha value is -0.650. The van der Waals surface area contributed by atoms with Crippen LogP contribution < -0.4 is 5.73 Å². The Morgan fingerprint density at radius 3 is 2.93 bits per heavy atom. The minimum absolute atomic E-state index is 0.0312. The third kappa shape index (κ3) is 3.77. The molecule has 1 fully saturated rings. The van der Waals surface area contributed by atoms with E-state index in [1.54, 1.807) is 0 Å². The molecule has 0 bridgehead atoms. The Morgan fingerprint density at radius 2 is 2.40 bits per heavy atom. The fourth-order valence-electron chi connectivity index (χ4n) is 1.35. The van der Waals surface area contributed by atoms with Crippen LogP contribution >= 0.6 is 0 Å². The summed E-state index contributed by atoms with van der Waals surface area (Å²) in [7, 11) is 0. The van der Waals surface area contributed by atoms with Crippen LogP contribution in [0.25, 0.3) is 0 Å². The zero-order valence-electron chi connectivity index (χ0n) is 9.07. The van der Waals surface area contributed by atoms with Gasteiger partial charge in [0.1, 0.15) is 6.61 Å². The number of carbonyl (C=O) groups is 1. The summed E-state index contributed by atoms with van der Waals surface area (Å²) in [6.07, 6.45) is 3.02. The highest BCUT2D eigenvalue weighted by Gasteiger charge is 2.31. The molecule has 0 radical (unpaired) electrons. The number of aliphatic hydroxyl groups is 1. The molecule has 0 aromatic heterocycles. The molecule has 1 aliphatic heterocycles. The van der Waals surface area contributed by atoms with Gasteiger partial charge in [-0.15, -0.1) is 0 Å². The van der Waals surface area contributed by atoms with E-state index in [2.05, 4.69) is 0 Å². The summed E-state index contributed by atoms with van der Waals surface area (Å²) in [6, 6.07) is 0. The average Bonchev–Trinajstić information content (AvgIpc) is 2.27. The quantitative estimate of drug-likeness (QED) is 0.638. The molecule has 0 aliphatic carbocycles. The van der Waals surface area contributed by atoms with Gasteiger partial charge in [0.2, 0.25) is 0 Å². The van der Waals surface area contributed by atoms with Crippen molar-refractivity contribution >= 4 is 5.97 Å². The van der Waals surface area contributed by atoms with Crippen molar-refractivity contribution in [2.45, 2.75) is 37.9 Å². The summed E-state index contributed by atoms with van der Waals surface area (Å²) in [5.41, 5.74) is 3.65. The molecule has 1 heterocycles. The van der Waals surface area contributed by atoms with Crippen LogP contribution in [0, 0.1) is 0 Å². The van der Waals surface area contributed by atoms with Crippen molar-refractivity contribution in [3.8, 4) is 0 Å². The highest BCUT2D eigenvalue weighted by molar-refractivity contribution is 5.79. The van der Waals surface area contributed by atoms with Crippen LogP contribution in [0.5, 0.6) is 0 Å². The van der Waals surface area contributed by atoms with Gasteiger partial charge in [0.15, 0.2) is 5.60 Å². The van der Waals surface area contributed by atoms with Gasteiger partial charge in [-0.05, 0) is 26.2 Å². The van der Waals surface area contributed by atoms with Crippen molar-refractivity contribution in [3.63, 3.8) is 0 Å². The van der Waals surface area contributed by atoms with Gasteiger partial charge < -0.3 is 20.3 Å². The second kappa shape index (κ2) is 5.44. The van der Waals surface area contributed by atoms with Gasteiger partial charge in [0.05, 0.1) is 6.10 Å². The van der Waals surface area contributed by atoms with Crippen LogP contribution in [0.3, 0.4) is 0 Å². The van der Waals surface area contributed by atoms with E-state index < -0.39 is 11.6 Å². The number of hydrogen-bond acceptors (Lipinski definition) is 5. The zero-order chi connectivity index (χ0) is 11.3.